The number of rotatable bonds is 9. The molecule has 2 aromatic carbocycles. The highest BCUT2D eigenvalue weighted by atomic mass is 16.6. The molecular formula is C23H24N3O6-. The number of aliphatic carboxylic acids is 1. The number of benzene rings is 2. The van der Waals surface area contributed by atoms with Crippen molar-refractivity contribution < 1.29 is 24.4 Å². The van der Waals surface area contributed by atoms with Crippen LogP contribution in [0.1, 0.15) is 41.8 Å². The molecule has 2 amide bonds. The Bertz CT molecular complexity index is 1040. The van der Waals surface area contributed by atoms with Crippen molar-refractivity contribution in [3.8, 4) is 0 Å². The minimum atomic E-state index is -1.45. The fourth-order valence-electron chi connectivity index (χ4n) is 2.87. The van der Waals surface area contributed by atoms with E-state index in [4.69, 9.17) is 0 Å². The van der Waals surface area contributed by atoms with E-state index in [-0.39, 0.29) is 34.9 Å². The minimum Gasteiger partial charge on any atom is -0.548 e. The zero-order valence-electron chi connectivity index (χ0n) is 18.0. The number of carbonyl (C=O) groups excluding carboxylic acids is 3. The van der Waals surface area contributed by atoms with Gasteiger partial charge in [-0.05, 0) is 43.0 Å². The summed E-state index contributed by atoms with van der Waals surface area (Å²) in [5, 5.41) is 27.3. The number of nitro groups is 1. The minimum absolute atomic E-state index is 0.0375. The largest absolute Gasteiger partial charge is 0.548 e. The fourth-order valence-corrected chi connectivity index (χ4v) is 2.87. The quantitative estimate of drug-likeness (QED) is 0.348. The number of nitrogens with zero attached hydrogens (tertiary/aromatic N) is 1. The van der Waals surface area contributed by atoms with Crippen LogP contribution >= 0.6 is 0 Å². The molecule has 0 bridgehead atoms. The second-order valence-electron chi connectivity index (χ2n) is 7.70. The Morgan fingerprint density at radius 1 is 1.09 bits per heavy atom. The van der Waals surface area contributed by atoms with Crippen LogP contribution in [0.2, 0.25) is 0 Å². The topological polar surface area (TPSA) is 141 Å². The van der Waals surface area contributed by atoms with E-state index in [9.17, 15) is 29.6 Å². The smallest absolute Gasteiger partial charge is 0.270 e. The van der Waals surface area contributed by atoms with Gasteiger partial charge in [-0.25, -0.2) is 0 Å². The van der Waals surface area contributed by atoms with Gasteiger partial charge in [0.1, 0.15) is 5.70 Å². The van der Waals surface area contributed by atoms with Gasteiger partial charge in [-0.3, -0.25) is 19.7 Å². The summed E-state index contributed by atoms with van der Waals surface area (Å²) < 4.78 is 0. The average Bonchev–Trinajstić information content (AvgIpc) is 2.72. The Morgan fingerprint density at radius 2 is 1.75 bits per heavy atom. The van der Waals surface area contributed by atoms with Crippen molar-refractivity contribution in [1.82, 2.24) is 10.6 Å². The third-order valence-electron chi connectivity index (χ3n) is 4.50. The van der Waals surface area contributed by atoms with Crippen molar-refractivity contribution in [3.05, 3.63) is 81.0 Å². The van der Waals surface area contributed by atoms with Crippen LogP contribution in [0.4, 0.5) is 5.69 Å². The maximum Gasteiger partial charge on any atom is 0.270 e. The molecule has 0 spiro atoms. The highest BCUT2D eigenvalue weighted by Gasteiger charge is 2.20. The number of carboxylic acids is 1. The van der Waals surface area contributed by atoms with Gasteiger partial charge in [0.15, 0.2) is 0 Å². The number of carbonyl (C=O) groups is 3. The second kappa shape index (κ2) is 10.9. The first-order valence-corrected chi connectivity index (χ1v) is 9.92. The highest BCUT2D eigenvalue weighted by molar-refractivity contribution is 6.06. The van der Waals surface area contributed by atoms with Crippen LogP contribution in [0.25, 0.3) is 6.08 Å². The predicted octanol–water partition coefficient (Wildman–Crippen LogP) is 1.95. The molecular weight excluding hydrogens is 414 g/mol. The molecule has 9 heteroatoms. The summed E-state index contributed by atoms with van der Waals surface area (Å²) in [4.78, 5) is 47.4. The Morgan fingerprint density at radius 3 is 2.31 bits per heavy atom. The van der Waals surface area contributed by atoms with Crippen LogP contribution in [-0.2, 0) is 9.59 Å². The maximum atomic E-state index is 12.9. The molecule has 0 heterocycles. The van der Waals surface area contributed by atoms with Crippen LogP contribution in [0.15, 0.2) is 54.2 Å². The second-order valence-corrected chi connectivity index (χ2v) is 7.70. The van der Waals surface area contributed by atoms with Gasteiger partial charge in [-0.1, -0.05) is 43.7 Å². The molecule has 0 aromatic heterocycles. The maximum absolute atomic E-state index is 12.9. The van der Waals surface area contributed by atoms with Gasteiger partial charge in [0, 0.05) is 17.7 Å². The van der Waals surface area contributed by atoms with Crippen LogP contribution in [0.3, 0.4) is 0 Å². The van der Waals surface area contributed by atoms with Crippen LogP contribution in [0.5, 0.6) is 0 Å². The zero-order chi connectivity index (χ0) is 23.8. The van der Waals surface area contributed by atoms with Crippen LogP contribution < -0.4 is 15.7 Å². The lowest BCUT2D eigenvalue weighted by Crippen LogP contribution is -2.50. The monoisotopic (exact) mass is 438 g/mol. The third-order valence-corrected chi connectivity index (χ3v) is 4.50. The first-order chi connectivity index (χ1) is 15.1. The highest BCUT2D eigenvalue weighted by Crippen LogP contribution is 2.16. The summed E-state index contributed by atoms with van der Waals surface area (Å²) >= 11 is 0. The molecule has 0 aliphatic rings. The van der Waals surface area contributed by atoms with Crippen molar-refractivity contribution in [3.63, 3.8) is 0 Å². The molecule has 168 valence electrons. The molecule has 9 nitrogen and oxygen atoms in total. The van der Waals surface area contributed by atoms with Gasteiger partial charge in [-0.15, -0.1) is 0 Å². The number of hydrogen-bond donors (Lipinski definition) is 2. The number of amides is 2. The number of hydrogen-bond acceptors (Lipinski definition) is 6. The molecule has 32 heavy (non-hydrogen) atoms. The van der Waals surface area contributed by atoms with Crippen molar-refractivity contribution in [2.75, 3.05) is 0 Å². The lowest BCUT2D eigenvalue weighted by molar-refractivity contribution is -0.384. The Balaban J connectivity index is 2.39. The Hall–Kier alpha value is -4.01. The summed E-state index contributed by atoms with van der Waals surface area (Å²) in [6.07, 6.45) is 1.38. The molecule has 0 saturated carbocycles. The van der Waals surface area contributed by atoms with E-state index in [0.29, 0.717) is 0 Å². The third kappa shape index (κ3) is 7.05. The van der Waals surface area contributed by atoms with E-state index in [1.165, 1.54) is 30.3 Å². The van der Waals surface area contributed by atoms with E-state index >= 15 is 0 Å². The van der Waals surface area contributed by atoms with Gasteiger partial charge < -0.3 is 20.5 Å². The van der Waals surface area contributed by atoms with Crippen molar-refractivity contribution >= 4 is 29.5 Å². The summed E-state index contributed by atoms with van der Waals surface area (Å²) in [6, 6.07) is 10.8. The lowest BCUT2D eigenvalue weighted by atomic mass is 10.0. The molecule has 0 unspecified atom stereocenters. The molecule has 2 aromatic rings. The van der Waals surface area contributed by atoms with Gasteiger partial charge in [-0.2, -0.15) is 0 Å². The Kier molecular flexibility index (Phi) is 8.23. The molecule has 0 saturated heterocycles. The van der Waals surface area contributed by atoms with Crippen molar-refractivity contribution in [2.24, 2.45) is 5.92 Å². The van der Waals surface area contributed by atoms with Gasteiger partial charge >= 0.3 is 0 Å². The zero-order valence-corrected chi connectivity index (χ0v) is 18.0. The van der Waals surface area contributed by atoms with Crippen LogP contribution in [0, 0.1) is 23.0 Å². The van der Waals surface area contributed by atoms with Crippen molar-refractivity contribution in [1.29, 1.82) is 0 Å². The number of carboxylic acid groups (broad SMARTS) is 1. The lowest BCUT2D eigenvalue weighted by Gasteiger charge is -2.22. The van der Waals surface area contributed by atoms with Gasteiger partial charge in [0.25, 0.3) is 17.5 Å². The Labute approximate surface area is 185 Å². The molecule has 2 N–H and O–H groups in total. The first-order valence-electron chi connectivity index (χ1n) is 9.92. The molecule has 0 aliphatic carbocycles. The SMILES string of the molecule is Cc1ccc(C(=O)N/C(=C/c2cccc([N+](=O)[O-])c2)C(=O)N[C@H](CC(C)C)C(=O)[O-])cc1. The standard InChI is InChI=1S/C23H25N3O6/c1-14(2)11-20(23(29)30)25-22(28)19(13-16-5-4-6-18(12-16)26(31)32)24-21(27)17-9-7-15(3)8-10-17/h4-10,12-14,20H,11H2,1-3H3,(H,24,27)(H,25,28)(H,29,30)/p-1/b19-13+/t20-/m1/s1. The number of nitrogens with one attached hydrogen (secondary N) is 2. The van der Waals surface area contributed by atoms with Crippen LogP contribution in [-0.4, -0.2) is 28.7 Å². The molecule has 0 fully saturated rings. The molecule has 2 rings (SSSR count). The summed E-state index contributed by atoms with van der Waals surface area (Å²) in [5.74, 6) is -2.94. The summed E-state index contributed by atoms with van der Waals surface area (Å²) in [7, 11) is 0. The number of aryl methyl sites for hydroxylation is 1. The van der Waals surface area contributed by atoms with E-state index in [1.54, 1.807) is 38.1 Å². The van der Waals surface area contributed by atoms with E-state index in [1.807, 2.05) is 6.92 Å². The van der Waals surface area contributed by atoms with E-state index in [0.717, 1.165) is 5.56 Å². The van der Waals surface area contributed by atoms with E-state index < -0.39 is 28.7 Å². The molecule has 0 radical (unpaired) electrons. The average molecular weight is 438 g/mol. The van der Waals surface area contributed by atoms with Crippen molar-refractivity contribution in [2.45, 2.75) is 33.2 Å². The fraction of sp³-hybridized carbons (Fsp3) is 0.261. The summed E-state index contributed by atoms with van der Waals surface area (Å²) in [6.45, 7) is 5.44. The first kappa shape index (κ1) is 24.3. The van der Waals surface area contributed by atoms with Gasteiger partial charge in [0.05, 0.1) is 16.9 Å². The summed E-state index contributed by atoms with van der Waals surface area (Å²) in [5.41, 5.74) is 1.05. The predicted molar refractivity (Wildman–Crippen MR) is 116 cm³/mol. The normalized spacial score (nSPS) is 12.2. The van der Waals surface area contributed by atoms with E-state index in [2.05, 4.69) is 10.6 Å². The molecule has 0 aliphatic heterocycles. The van der Waals surface area contributed by atoms with Gasteiger partial charge in [0.2, 0.25) is 0 Å². The molecule has 1 atom stereocenters. The number of nitro benzene ring substituents is 1. The number of non-ortho nitro benzene ring substituents is 1.